The standard InChI is InChI=1S/C17H19NO/c18-12-11-17(19)15-7-3-1-5-13(15)9-10-14-6-2-4-8-16(14)17/h1-8,19H,9-12,18H2. The summed E-state index contributed by atoms with van der Waals surface area (Å²) >= 11 is 0. The molecule has 0 amide bonds. The minimum Gasteiger partial charge on any atom is -0.380 e. The van der Waals surface area contributed by atoms with Crippen LogP contribution in [0.3, 0.4) is 0 Å². The fourth-order valence-electron chi connectivity index (χ4n) is 3.18. The van der Waals surface area contributed by atoms with E-state index in [1.54, 1.807) is 0 Å². The maximum Gasteiger partial charge on any atom is 0.116 e. The fourth-order valence-corrected chi connectivity index (χ4v) is 3.18. The van der Waals surface area contributed by atoms with E-state index >= 15 is 0 Å². The monoisotopic (exact) mass is 253 g/mol. The zero-order valence-electron chi connectivity index (χ0n) is 11.0. The van der Waals surface area contributed by atoms with Crippen LogP contribution >= 0.6 is 0 Å². The molecule has 0 bridgehead atoms. The topological polar surface area (TPSA) is 46.2 Å². The molecule has 0 spiro atoms. The van der Waals surface area contributed by atoms with Crippen LogP contribution in [0.2, 0.25) is 0 Å². The van der Waals surface area contributed by atoms with Crippen LogP contribution in [-0.4, -0.2) is 11.7 Å². The van der Waals surface area contributed by atoms with Gasteiger partial charge in [0.05, 0.1) is 0 Å². The second-order valence-corrected chi connectivity index (χ2v) is 5.21. The zero-order chi connectivity index (χ0) is 13.3. The van der Waals surface area contributed by atoms with Gasteiger partial charge < -0.3 is 10.8 Å². The summed E-state index contributed by atoms with van der Waals surface area (Å²) in [4.78, 5) is 0. The summed E-state index contributed by atoms with van der Waals surface area (Å²) in [6.07, 6.45) is 2.50. The number of hydrogen-bond donors (Lipinski definition) is 2. The largest absolute Gasteiger partial charge is 0.380 e. The van der Waals surface area contributed by atoms with Crippen molar-refractivity contribution in [3.05, 3.63) is 70.8 Å². The highest BCUT2D eigenvalue weighted by atomic mass is 16.3. The predicted molar refractivity (Wildman–Crippen MR) is 77.0 cm³/mol. The Kier molecular flexibility index (Phi) is 3.13. The first-order valence-corrected chi connectivity index (χ1v) is 6.85. The van der Waals surface area contributed by atoms with Gasteiger partial charge in [-0.15, -0.1) is 0 Å². The molecule has 0 heterocycles. The lowest BCUT2D eigenvalue weighted by atomic mass is 9.81. The minimum atomic E-state index is -0.946. The number of aryl methyl sites for hydroxylation is 2. The molecule has 0 aromatic heterocycles. The van der Waals surface area contributed by atoms with Gasteiger partial charge in [-0.1, -0.05) is 48.5 Å². The van der Waals surface area contributed by atoms with Crippen molar-refractivity contribution in [3.63, 3.8) is 0 Å². The molecule has 0 saturated carbocycles. The van der Waals surface area contributed by atoms with E-state index in [-0.39, 0.29) is 0 Å². The molecule has 3 N–H and O–H groups in total. The van der Waals surface area contributed by atoms with E-state index in [1.807, 2.05) is 36.4 Å². The molecule has 0 radical (unpaired) electrons. The van der Waals surface area contributed by atoms with Gasteiger partial charge in [-0.3, -0.25) is 0 Å². The molecule has 2 heteroatoms. The summed E-state index contributed by atoms with van der Waals surface area (Å²) in [7, 11) is 0. The van der Waals surface area contributed by atoms with Gasteiger partial charge in [0.25, 0.3) is 0 Å². The van der Waals surface area contributed by atoms with E-state index in [0.29, 0.717) is 13.0 Å². The highest BCUT2D eigenvalue weighted by Gasteiger charge is 2.35. The van der Waals surface area contributed by atoms with E-state index < -0.39 is 5.60 Å². The molecular formula is C17H19NO. The van der Waals surface area contributed by atoms with E-state index in [2.05, 4.69) is 12.1 Å². The van der Waals surface area contributed by atoms with Crippen LogP contribution in [0.25, 0.3) is 0 Å². The molecule has 3 rings (SSSR count). The van der Waals surface area contributed by atoms with Gasteiger partial charge in [-0.05, 0) is 48.1 Å². The van der Waals surface area contributed by atoms with Crippen LogP contribution in [0.1, 0.15) is 28.7 Å². The van der Waals surface area contributed by atoms with E-state index in [0.717, 1.165) is 24.0 Å². The van der Waals surface area contributed by atoms with Crippen molar-refractivity contribution in [1.82, 2.24) is 0 Å². The van der Waals surface area contributed by atoms with Gasteiger partial charge in [-0.25, -0.2) is 0 Å². The van der Waals surface area contributed by atoms with Crippen molar-refractivity contribution in [1.29, 1.82) is 0 Å². The Morgan fingerprint density at radius 3 is 1.84 bits per heavy atom. The highest BCUT2D eigenvalue weighted by Crippen LogP contribution is 2.39. The number of fused-ring (bicyclic) bond motifs is 2. The third-order valence-electron chi connectivity index (χ3n) is 4.10. The Balaban J connectivity index is 2.25. The average Bonchev–Trinajstić information content (AvgIpc) is 2.57. The number of rotatable bonds is 2. The quantitative estimate of drug-likeness (QED) is 0.863. The van der Waals surface area contributed by atoms with Crippen LogP contribution in [-0.2, 0) is 18.4 Å². The van der Waals surface area contributed by atoms with E-state index in [9.17, 15) is 5.11 Å². The van der Waals surface area contributed by atoms with Gasteiger partial charge in [0, 0.05) is 0 Å². The smallest absolute Gasteiger partial charge is 0.116 e. The highest BCUT2D eigenvalue weighted by molar-refractivity contribution is 5.47. The van der Waals surface area contributed by atoms with Crippen molar-refractivity contribution < 1.29 is 5.11 Å². The summed E-state index contributed by atoms with van der Waals surface area (Å²) in [6, 6.07) is 16.4. The first-order chi connectivity index (χ1) is 9.25. The van der Waals surface area contributed by atoms with Crippen LogP contribution < -0.4 is 5.73 Å². The van der Waals surface area contributed by atoms with E-state index in [1.165, 1.54) is 11.1 Å². The number of hydrogen-bond acceptors (Lipinski definition) is 2. The summed E-state index contributed by atoms with van der Waals surface area (Å²) < 4.78 is 0. The van der Waals surface area contributed by atoms with Crippen molar-refractivity contribution in [2.24, 2.45) is 5.73 Å². The Morgan fingerprint density at radius 1 is 0.895 bits per heavy atom. The van der Waals surface area contributed by atoms with Crippen molar-refractivity contribution in [2.45, 2.75) is 24.9 Å². The van der Waals surface area contributed by atoms with Gasteiger partial charge in [-0.2, -0.15) is 0 Å². The number of benzene rings is 2. The summed E-state index contributed by atoms with van der Waals surface area (Å²) in [5.41, 5.74) is 9.30. The average molecular weight is 253 g/mol. The van der Waals surface area contributed by atoms with Crippen molar-refractivity contribution >= 4 is 0 Å². The molecule has 0 atom stereocenters. The molecule has 0 fully saturated rings. The molecule has 2 aromatic carbocycles. The van der Waals surface area contributed by atoms with Crippen molar-refractivity contribution in [2.75, 3.05) is 6.54 Å². The number of nitrogens with two attached hydrogens (primary N) is 1. The van der Waals surface area contributed by atoms with Gasteiger partial charge in [0.1, 0.15) is 5.60 Å². The Morgan fingerprint density at radius 2 is 1.37 bits per heavy atom. The number of aliphatic hydroxyl groups is 1. The zero-order valence-corrected chi connectivity index (χ0v) is 11.0. The van der Waals surface area contributed by atoms with Gasteiger partial charge >= 0.3 is 0 Å². The Labute approximate surface area is 113 Å². The summed E-state index contributed by atoms with van der Waals surface area (Å²) in [5, 5.41) is 11.3. The lowest BCUT2D eigenvalue weighted by Gasteiger charge is -2.30. The SMILES string of the molecule is NCCC1(O)c2ccccc2CCc2ccccc21. The second kappa shape index (κ2) is 4.80. The van der Waals surface area contributed by atoms with Gasteiger partial charge in [0.2, 0.25) is 0 Å². The lowest BCUT2D eigenvalue weighted by molar-refractivity contribution is 0.0731. The minimum absolute atomic E-state index is 0.471. The molecule has 2 nitrogen and oxygen atoms in total. The normalized spacial score (nSPS) is 16.3. The molecule has 98 valence electrons. The Hall–Kier alpha value is -1.64. The van der Waals surface area contributed by atoms with Gasteiger partial charge in [0.15, 0.2) is 0 Å². The summed E-state index contributed by atoms with van der Waals surface area (Å²) in [6.45, 7) is 0.471. The first kappa shape index (κ1) is 12.4. The molecular weight excluding hydrogens is 234 g/mol. The van der Waals surface area contributed by atoms with Crippen LogP contribution in [0.15, 0.2) is 48.5 Å². The molecule has 0 unspecified atom stereocenters. The molecule has 2 aromatic rings. The molecule has 0 aliphatic heterocycles. The molecule has 1 aliphatic rings. The lowest BCUT2D eigenvalue weighted by Crippen LogP contribution is -2.31. The first-order valence-electron chi connectivity index (χ1n) is 6.85. The third kappa shape index (κ3) is 1.97. The third-order valence-corrected chi connectivity index (χ3v) is 4.10. The second-order valence-electron chi connectivity index (χ2n) is 5.21. The summed E-state index contributed by atoms with van der Waals surface area (Å²) in [5.74, 6) is 0. The predicted octanol–water partition coefficient (Wildman–Crippen LogP) is 2.37. The fraction of sp³-hybridized carbons (Fsp3) is 0.294. The molecule has 19 heavy (non-hydrogen) atoms. The molecule has 0 saturated heterocycles. The van der Waals surface area contributed by atoms with Crippen LogP contribution in [0.5, 0.6) is 0 Å². The van der Waals surface area contributed by atoms with Crippen molar-refractivity contribution in [3.8, 4) is 0 Å². The maximum absolute atomic E-state index is 11.3. The Bertz CT molecular complexity index is 544. The van der Waals surface area contributed by atoms with E-state index in [4.69, 9.17) is 5.73 Å². The van der Waals surface area contributed by atoms with Crippen LogP contribution in [0.4, 0.5) is 0 Å². The molecule has 1 aliphatic carbocycles. The maximum atomic E-state index is 11.3. The van der Waals surface area contributed by atoms with Crippen LogP contribution in [0, 0.1) is 0 Å².